The number of hydrogen-bond donors (Lipinski definition) is 1. The topological polar surface area (TPSA) is 45.5 Å². The van der Waals surface area contributed by atoms with Crippen molar-refractivity contribution in [1.82, 2.24) is 10.2 Å². The van der Waals surface area contributed by atoms with Gasteiger partial charge in [0.1, 0.15) is 11.3 Å². The van der Waals surface area contributed by atoms with E-state index in [1.165, 1.54) is 5.39 Å². The Morgan fingerprint density at radius 1 is 1.07 bits per heavy atom. The third kappa shape index (κ3) is 3.45. The number of hydrogen-bond acceptors (Lipinski definition) is 3. The molecule has 1 atom stereocenters. The summed E-state index contributed by atoms with van der Waals surface area (Å²) in [7, 11) is 0. The molecule has 4 heteroatoms. The van der Waals surface area contributed by atoms with E-state index in [0.717, 1.165) is 55.8 Å². The summed E-state index contributed by atoms with van der Waals surface area (Å²) in [4.78, 5) is 15.0. The van der Waals surface area contributed by atoms with Crippen molar-refractivity contribution in [3.63, 3.8) is 0 Å². The molecule has 4 nitrogen and oxygen atoms in total. The zero-order valence-corrected chi connectivity index (χ0v) is 16.1. The van der Waals surface area contributed by atoms with Crippen LogP contribution >= 0.6 is 0 Å². The number of amides is 1. The van der Waals surface area contributed by atoms with Gasteiger partial charge in [0, 0.05) is 17.8 Å². The van der Waals surface area contributed by atoms with Crippen molar-refractivity contribution in [2.45, 2.75) is 32.4 Å². The molecule has 1 amide bonds. The summed E-state index contributed by atoms with van der Waals surface area (Å²) in [5.41, 5.74) is 2.36. The van der Waals surface area contributed by atoms with Gasteiger partial charge < -0.3 is 9.73 Å². The van der Waals surface area contributed by atoms with Gasteiger partial charge in [-0.3, -0.25) is 9.69 Å². The van der Waals surface area contributed by atoms with Crippen LogP contribution in [0.25, 0.3) is 11.0 Å². The Bertz CT molecular complexity index is 937. The number of para-hydroxylation sites is 1. The van der Waals surface area contributed by atoms with Gasteiger partial charge in [0.15, 0.2) is 0 Å². The molecule has 144 valence electrons. The molecule has 28 heavy (non-hydrogen) atoms. The Labute approximate surface area is 165 Å². The largest absolute Gasteiger partial charge is 0.460 e. The first kappa shape index (κ1) is 17.5. The lowest BCUT2D eigenvalue weighted by atomic mass is 9.90. The zero-order valence-electron chi connectivity index (χ0n) is 16.1. The van der Waals surface area contributed by atoms with Gasteiger partial charge in [0.05, 0.1) is 6.54 Å². The van der Waals surface area contributed by atoms with E-state index in [9.17, 15) is 4.79 Å². The molecule has 1 N–H and O–H groups in total. The van der Waals surface area contributed by atoms with Crippen LogP contribution in [0.5, 0.6) is 0 Å². The van der Waals surface area contributed by atoms with E-state index in [-0.39, 0.29) is 17.2 Å². The molecular weight excluding hydrogens is 348 g/mol. The molecule has 2 aromatic carbocycles. The SMILES string of the molecule is O=C(NCc1ccccc1)C1CC12CCN(Cc1cc3ccccc3o1)CC2. The minimum atomic E-state index is 0.199. The van der Waals surface area contributed by atoms with Crippen molar-refractivity contribution >= 4 is 16.9 Å². The van der Waals surface area contributed by atoms with Crippen molar-refractivity contribution in [1.29, 1.82) is 0 Å². The van der Waals surface area contributed by atoms with E-state index in [2.05, 4.69) is 34.5 Å². The first-order chi connectivity index (χ1) is 13.7. The van der Waals surface area contributed by atoms with Crippen LogP contribution in [0.15, 0.2) is 65.1 Å². The first-order valence-electron chi connectivity index (χ1n) is 10.2. The Hall–Kier alpha value is -2.59. The second kappa shape index (κ2) is 7.10. The molecule has 0 radical (unpaired) electrons. The lowest BCUT2D eigenvalue weighted by Gasteiger charge is -2.32. The molecular formula is C24H26N2O2. The molecule has 0 bridgehead atoms. The van der Waals surface area contributed by atoms with E-state index in [1.807, 2.05) is 36.4 Å². The lowest BCUT2D eigenvalue weighted by molar-refractivity contribution is -0.123. The molecule has 3 aromatic rings. The molecule has 5 rings (SSSR count). The van der Waals surface area contributed by atoms with E-state index < -0.39 is 0 Å². The number of piperidine rings is 1. The van der Waals surface area contributed by atoms with Crippen LogP contribution in [0.3, 0.4) is 0 Å². The van der Waals surface area contributed by atoms with E-state index in [1.54, 1.807) is 0 Å². The summed E-state index contributed by atoms with van der Waals surface area (Å²) in [5, 5.41) is 4.30. The van der Waals surface area contributed by atoms with Gasteiger partial charge in [0.25, 0.3) is 0 Å². The molecule has 2 heterocycles. The number of likely N-dealkylation sites (tertiary alicyclic amines) is 1. The third-order valence-corrected chi connectivity index (χ3v) is 6.52. The lowest BCUT2D eigenvalue weighted by Crippen LogP contribution is -2.36. The Balaban J connectivity index is 1.12. The van der Waals surface area contributed by atoms with E-state index >= 15 is 0 Å². The van der Waals surface area contributed by atoms with Crippen LogP contribution in [-0.2, 0) is 17.9 Å². The van der Waals surface area contributed by atoms with Crippen LogP contribution in [0, 0.1) is 11.3 Å². The fourth-order valence-corrected chi connectivity index (χ4v) is 4.67. The molecule has 1 aliphatic heterocycles. The van der Waals surface area contributed by atoms with Crippen LogP contribution < -0.4 is 5.32 Å². The molecule has 2 aliphatic rings. The Kier molecular flexibility index (Phi) is 4.44. The first-order valence-corrected chi connectivity index (χ1v) is 10.2. The summed E-state index contributed by atoms with van der Waals surface area (Å²) < 4.78 is 5.97. The summed E-state index contributed by atoms with van der Waals surface area (Å²) >= 11 is 0. The molecule has 1 saturated heterocycles. The van der Waals surface area contributed by atoms with Crippen molar-refractivity contribution in [2.24, 2.45) is 11.3 Å². The highest BCUT2D eigenvalue weighted by Crippen LogP contribution is 2.59. The van der Waals surface area contributed by atoms with Crippen LogP contribution in [-0.4, -0.2) is 23.9 Å². The predicted molar refractivity (Wildman–Crippen MR) is 110 cm³/mol. The van der Waals surface area contributed by atoms with Crippen molar-refractivity contribution < 1.29 is 9.21 Å². The number of carbonyl (C=O) groups is 1. The molecule has 2 fully saturated rings. The quantitative estimate of drug-likeness (QED) is 0.722. The van der Waals surface area contributed by atoms with Crippen LogP contribution in [0.2, 0.25) is 0 Å². The number of nitrogens with zero attached hydrogens (tertiary/aromatic N) is 1. The van der Waals surface area contributed by atoms with Crippen LogP contribution in [0.4, 0.5) is 0 Å². The monoisotopic (exact) mass is 374 g/mol. The summed E-state index contributed by atoms with van der Waals surface area (Å²) in [6.07, 6.45) is 3.26. The molecule has 1 saturated carbocycles. The van der Waals surface area contributed by atoms with Gasteiger partial charge in [-0.05, 0) is 55.5 Å². The summed E-state index contributed by atoms with van der Waals surface area (Å²) in [5.74, 6) is 1.46. The number of fused-ring (bicyclic) bond motifs is 1. The van der Waals surface area contributed by atoms with Gasteiger partial charge in [-0.1, -0.05) is 48.5 Å². The van der Waals surface area contributed by atoms with Gasteiger partial charge in [0.2, 0.25) is 5.91 Å². The van der Waals surface area contributed by atoms with E-state index in [0.29, 0.717) is 6.54 Å². The maximum Gasteiger partial charge on any atom is 0.223 e. The molecule has 1 unspecified atom stereocenters. The number of nitrogens with one attached hydrogen (secondary N) is 1. The highest BCUT2D eigenvalue weighted by Gasteiger charge is 2.58. The van der Waals surface area contributed by atoms with Gasteiger partial charge >= 0.3 is 0 Å². The molecule has 1 spiro atoms. The minimum absolute atomic E-state index is 0.199. The predicted octanol–water partition coefficient (Wildman–Crippen LogP) is 4.35. The van der Waals surface area contributed by atoms with Gasteiger partial charge in [-0.25, -0.2) is 0 Å². The van der Waals surface area contributed by atoms with Crippen LogP contribution in [0.1, 0.15) is 30.6 Å². The van der Waals surface area contributed by atoms with Crippen molar-refractivity contribution in [2.75, 3.05) is 13.1 Å². The third-order valence-electron chi connectivity index (χ3n) is 6.52. The zero-order chi connectivity index (χ0) is 19.0. The summed E-state index contributed by atoms with van der Waals surface area (Å²) in [6.45, 7) is 3.57. The second-order valence-corrected chi connectivity index (χ2v) is 8.35. The number of furan rings is 1. The van der Waals surface area contributed by atoms with Crippen molar-refractivity contribution in [3.05, 3.63) is 72.0 Å². The molecule has 1 aliphatic carbocycles. The molecule has 1 aromatic heterocycles. The fourth-order valence-electron chi connectivity index (χ4n) is 4.67. The summed E-state index contributed by atoms with van der Waals surface area (Å²) in [6, 6.07) is 20.5. The van der Waals surface area contributed by atoms with Crippen molar-refractivity contribution in [3.8, 4) is 0 Å². The average Bonchev–Trinajstić information content (AvgIpc) is 3.27. The van der Waals surface area contributed by atoms with E-state index in [4.69, 9.17) is 4.42 Å². The number of benzene rings is 2. The average molecular weight is 374 g/mol. The minimum Gasteiger partial charge on any atom is -0.460 e. The maximum atomic E-state index is 12.6. The normalized spacial score (nSPS) is 21.1. The van der Waals surface area contributed by atoms with Gasteiger partial charge in [-0.15, -0.1) is 0 Å². The maximum absolute atomic E-state index is 12.6. The Morgan fingerprint density at radius 3 is 2.61 bits per heavy atom. The fraction of sp³-hybridized carbons (Fsp3) is 0.375. The second-order valence-electron chi connectivity index (χ2n) is 8.35. The smallest absolute Gasteiger partial charge is 0.223 e. The number of rotatable bonds is 5. The highest BCUT2D eigenvalue weighted by atomic mass is 16.3. The standard InChI is InChI=1S/C24H26N2O2/c27-23(25-16-18-6-2-1-3-7-18)21-15-24(21)10-12-26(13-11-24)17-20-14-19-8-4-5-9-22(19)28-20/h1-9,14,21H,10-13,15-17H2,(H,25,27). The number of carbonyl (C=O) groups excluding carboxylic acids is 1. The van der Waals surface area contributed by atoms with Gasteiger partial charge in [-0.2, -0.15) is 0 Å². The Morgan fingerprint density at radius 2 is 1.82 bits per heavy atom. The highest BCUT2D eigenvalue weighted by molar-refractivity contribution is 5.82.